The molecule has 0 aliphatic heterocycles. The Hall–Kier alpha value is -1.70. The Kier molecular flexibility index (Phi) is 5.23. The molecule has 0 saturated carbocycles. The molecule has 0 bridgehead atoms. The van der Waals surface area contributed by atoms with Gasteiger partial charge in [-0.15, -0.1) is 0 Å². The van der Waals surface area contributed by atoms with Gasteiger partial charge in [-0.1, -0.05) is 0 Å². The van der Waals surface area contributed by atoms with E-state index in [1.807, 2.05) is 0 Å². The number of pyridine rings is 1. The largest absolute Gasteiger partial charge is 0.796 e. The number of rotatable bonds is 6. The molecule has 1 aromatic heterocycles. The molecule has 104 valence electrons. The van der Waals surface area contributed by atoms with Crippen molar-refractivity contribution in [3.63, 3.8) is 0 Å². The smallest absolute Gasteiger partial charge is 0.504 e. The lowest BCUT2D eigenvalue weighted by Gasteiger charge is -2.14. The van der Waals surface area contributed by atoms with Gasteiger partial charge in [-0.25, -0.2) is 8.63 Å². The molecular formula is C11H14BF2NO4. The Morgan fingerprint density at radius 1 is 1.47 bits per heavy atom. The van der Waals surface area contributed by atoms with E-state index in [0.717, 1.165) is 6.92 Å². The van der Waals surface area contributed by atoms with E-state index in [4.69, 9.17) is 4.74 Å². The van der Waals surface area contributed by atoms with Crippen molar-refractivity contribution in [2.24, 2.45) is 0 Å². The van der Waals surface area contributed by atoms with Gasteiger partial charge in [0.1, 0.15) is 11.3 Å². The van der Waals surface area contributed by atoms with Crippen molar-refractivity contribution >= 4 is 13.3 Å². The van der Waals surface area contributed by atoms with Gasteiger partial charge in [0.05, 0.1) is 6.61 Å². The molecule has 0 radical (unpaired) electrons. The Balaban J connectivity index is 3.37. The van der Waals surface area contributed by atoms with Crippen molar-refractivity contribution in [1.82, 2.24) is 4.57 Å². The molecule has 19 heavy (non-hydrogen) atoms. The van der Waals surface area contributed by atoms with Gasteiger partial charge in [-0.2, -0.15) is 0 Å². The number of ketones is 1. The van der Waals surface area contributed by atoms with Crippen molar-refractivity contribution in [3.05, 3.63) is 27.7 Å². The van der Waals surface area contributed by atoms with Crippen molar-refractivity contribution in [2.75, 3.05) is 13.7 Å². The zero-order valence-electron chi connectivity index (χ0n) is 10.9. The molecule has 0 aliphatic carbocycles. The van der Waals surface area contributed by atoms with E-state index >= 15 is 0 Å². The number of methoxy groups -OCH3 is 1. The lowest BCUT2D eigenvalue weighted by atomic mass is 10.1. The molecule has 1 aromatic rings. The number of hydrogen-bond donors (Lipinski definition) is 0. The van der Waals surface area contributed by atoms with Gasteiger partial charge in [0.25, 0.3) is 5.56 Å². The molecule has 0 fully saturated rings. The zero-order valence-corrected chi connectivity index (χ0v) is 10.9. The predicted molar refractivity (Wildman–Crippen MR) is 65.9 cm³/mol. The third-order valence-electron chi connectivity index (χ3n) is 2.56. The third-order valence-corrected chi connectivity index (χ3v) is 2.56. The lowest BCUT2D eigenvalue weighted by molar-refractivity contribution is 0.101. The van der Waals surface area contributed by atoms with Gasteiger partial charge in [0.15, 0.2) is 5.78 Å². The molecule has 1 rings (SSSR count). The summed E-state index contributed by atoms with van der Waals surface area (Å²) in [6.07, 6.45) is 0. The second-order valence-corrected chi connectivity index (χ2v) is 3.91. The SMILES string of the molecule is COCCn1c(C)cc(OB(F)F)c(C(C)=O)c1=O. The Morgan fingerprint density at radius 3 is 2.58 bits per heavy atom. The summed E-state index contributed by atoms with van der Waals surface area (Å²) in [7, 11) is -1.62. The summed E-state index contributed by atoms with van der Waals surface area (Å²) < 4.78 is 34.9. The third kappa shape index (κ3) is 3.63. The molecule has 0 aromatic carbocycles. The topological polar surface area (TPSA) is 57.5 Å². The Morgan fingerprint density at radius 2 is 2.11 bits per heavy atom. The van der Waals surface area contributed by atoms with Gasteiger partial charge < -0.3 is 14.0 Å². The summed E-state index contributed by atoms with van der Waals surface area (Å²) in [6.45, 7) is 3.20. The highest BCUT2D eigenvalue weighted by Crippen LogP contribution is 2.19. The Labute approximate surface area is 109 Å². The average molecular weight is 273 g/mol. The van der Waals surface area contributed by atoms with Gasteiger partial charge >= 0.3 is 7.47 Å². The fourth-order valence-electron chi connectivity index (χ4n) is 1.71. The average Bonchev–Trinajstić information content (AvgIpc) is 2.26. The summed E-state index contributed by atoms with van der Waals surface area (Å²) in [4.78, 5) is 23.5. The van der Waals surface area contributed by atoms with Gasteiger partial charge in [0.2, 0.25) is 0 Å². The number of aryl methyl sites for hydroxylation is 1. The number of Topliss-reactive ketones (excluding diaryl/α,β-unsaturated/α-hetero) is 1. The molecule has 0 N–H and O–H groups in total. The summed E-state index contributed by atoms with van der Waals surface area (Å²) >= 11 is 0. The standard InChI is InChI=1S/C11H14BF2NO4/c1-7-6-9(19-12(13)14)10(8(2)16)11(17)15(7)4-5-18-3/h6H,4-5H2,1-3H3. The van der Waals surface area contributed by atoms with E-state index in [0.29, 0.717) is 5.69 Å². The number of halogens is 2. The maximum absolute atomic E-state index is 12.3. The van der Waals surface area contributed by atoms with Crippen LogP contribution in [0, 0.1) is 6.92 Å². The molecule has 0 unspecified atom stereocenters. The van der Waals surface area contributed by atoms with Crippen LogP contribution in [0.2, 0.25) is 0 Å². The van der Waals surface area contributed by atoms with Crippen LogP contribution in [0.4, 0.5) is 8.63 Å². The molecule has 0 spiro atoms. The van der Waals surface area contributed by atoms with Crippen LogP contribution in [0.3, 0.4) is 0 Å². The first kappa shape index (κ1) is 15.4. The van der Waals surface area contributed by atoms with Crippen molar-refractivity contribution in [1.29, 1.82) is 0 Å². The summed E-state index contributed by atoms with van der Waals surface area (Å²) in [5.41, 5.74) is -0.607. The lowest BCUT2D eigenvalue weighted by Crippen LogP contribution is -2.30. The van der Waals surface area contributed by atoms with E-state index in [1.54, 1.807) is 6.92 Å². The minimum absolute atomic E-state index is 0.233. The number of nitrogens with zero attached hydrogens (tertiary/aromatic N) is 1. The highest BCUT2D eigenvalue weighted by Gasteiger charge is 2.24. The van der Waals surface area contributed by atoms with E-state index < -0.39 is 24.6 Å². The van der Waals surface area contributed by atoms with Crippen LogP contribution in [0.15, 0.2) is 10.9 Å². The first-order chi connectivity index (χ1) is 8.88. The van der Waals surface area contributed by atoms with Crippen LogP contribution in [0.5, 0.6) is 5.75 Å². The van der Waals surface area contributed by atoms with E-state index in [-0.39, 0.29) is 18.7 Å². The van der Waals surface area contributed by atoms with Crippen LogP contribution in [0.25, 0.3) is 0 Å². The first-order valence-electron chi connectivity index (χ1n) is 5.57. The minimum Gasteiger partial charge on any atom is -0.504 e. The molecule has 0 atom stereocenters. The molecule has 0 amide bonds. The fraction of sp³-hybridized carbons (Fsp3) is 0.455. The summed E-state index contributed by atoms with van der Waals surface area (Å²) in [5, 5.41) is 0. The number of ether oxygens (including phenoxy) is 1. The van der Waals surface area contributed by atoms with Crippen molar-refractivity contribution < 1.29 is 22.8 Å². The van der Waals surface area contributed by atoms with E-state index in [1.165, 1.54) is 17.7 Å². The number of hydrogen-bond acceptors (Lipinski definition) is 4. The minimum atomic E-state index is -3.09. The molecule has 5 nitrogen and oxygen atoms in total. The monoisotopic (exact) mass is 273 g/mol. The maximum atomic E-state index is 12.3. The summed E-state index contributed by atoms with van der Waals surface area (Å²) in [6, 6.07) is 1.25. The van der Waals surface area contributed by atoms with Crippen LogP contribution < -0.4 is 10.2 Å². The van der Waals surface area contributed by atoms with Crippen molar-refractivity contribution in [3.8, 4) is 5.75 Å². The van der Waals surface area contributed by atoms with Crippen LogP contribution in [0.1, 0.15) is 23.0 Å². The second-order valence-electron chi connectivity index (χ2n) is 3.91. The summed E-state index contributed by atoms with van der Waals surface area (Å²) in [5.74, 6) is -1.01. The van der Waals surface area contributed by atoms with Crippen LogP contribution in [-0.2, 0) is 11.3 Å². The second kappa shape index (κ2) is 6.47. The van der Waals surface area contributed by atoms with Crippen molar-refractivity contribution in [2.45, 2.75) is 20.4 Å². The molecule has 0 saturated heterocycles. The van der Waals surface area contributed by atoms with E-state index in [9.17, 15) is 18.2 Å². The highest BCUT2D eigenvalue weighted by atomic mass is 19.2. The predicted octanol–water partition coefficient (Wildman–Crippen LogP) is 1.31. The first-order valence-corrected chi connectivity index (χ1v) is 5.57. The molecule has 8 heteroatoms. The zero-order chi connectivity index (χ0) is 14.6. The number of aromatic nitrogens is 1. The Bertz CT molecular complexity index is 530. The van der Waals surface area contributed by atoms with Gasteiger partial charge in [0, 0.05) is 19.3 Å². The molecule has 0 aliphatic rings. The maximum Gasteiger partial charge on any atom is 0.796 e. The quantitative estimate of drug-likeness (QED) is 0.579. The highest BCUT2D eigenvalue weighted by molar-refractivity contribution is 6.35. The van der Waals surface area contributed by atoms with Gasteiger partial charge in [-0.3, -0.25) is 9.59 Å². The van der Waals surface area contributed by atoms with Crippen LogP contribution >= 0.6 is 0 Å². The molecular weight excluding hydrogens is 259 g/mol. The van der Waals surface area contributed by atoms with Crippen LogP contribution in [-0.4, -0.2) is 31.5 Å². The molecule has 1 heterocycles. The fourth-order valence-corrected chi connectivity index (χ4v) is 1.71. The number of carbonyl (C=O) groups is 1. The van der Waals surface area contributed by atoms with Gasteiger partial charge in [-0.05, 0) is 19.9 Å². The van der Waals surface area contributed by atoms with E-state index in [2.05, 4.69) is 4.65 Å². The normalized spacial score (nSPS) is 10.4. The number of carbonyl (C=O) groups excluding carboxylic acids is 1.